The van der Waals surface area contributed by atoms with Crippen molar-refractivity contribution < 1.29 is 4.79 Å². The SMILES string of the molecule is Cc1cc(C)cc(NC(=S)NCC(=O)NC(C)C)c1. The van der Waals surface area contributed by atoms with Crippen LogP contribution < -0.4 is 16.0 Å². The highest BCUT2D eigenvalue weighted by Gasteiger charge is 2.04. The average Bonchev–Trinajstić information content (AvgIpc) is 2.23. The maximum atomic E-state index is 11.5. The summed E-state index contributed by atoms with van der Waals surface area (Å²) in [6, 6.07) is 6.25. The number of benzene rings is 1. The number of thiocarbonyl (C=S) groups is 1. The third kappa shape index (κ3) is 6.20. The molecular weight excluding hydrogens is 258 g/mol. The Hall–Kier alpha value is -1.62. The second-order valence-electron chi connectivity index (χ2n) is 4.91. The summed E-state index contributed by atoms with van der Waals surface area (Å²) in [7, 11) is 0. The standard InChI is InChI=1S/C14H21N3OS/c1-9(2)16-13(18)8-15-14(19)17-12-6-10(3)5-11(4)7-12/h5-7,9H,8H2,1-4H3,(H,16,18)(H2,15,17,19). The van der Waals surface area contributed by atoms with Crippen molar-refractivity contribution in [3.05, 3.63) is 29.3 Å². The molecule has 3 N–H and O–H groups in total. The molecule has 1 aromatic rings. The summed E-state index contributed by atoms with van der Waals surface area (Å²) < 4.78 is 0. The van der Waals surface area contributed by atoms with Gasteiger partial charge < -0.3 is 16.0 Å². The Morgan fingerprint density at radius 3 is 2.32 bits per heavy atom. The number of hydrogen-bond acceptors (Lipinski definition) is 2. The maximum absolute atomic E-state index is 11.5. The predicted octanol–water partition coefficient (Wildman–Crippen LogP) is 2.11. The Labute approximate surface area is 120 Å². The van der Waals surface area contributed by atoms with Crippen LogP contribution in [0.5, 0.6) is 0 Å². The maximum Gasteiger partial charge on any atom is 0.239 e. The Morgan fingerprint density at radius 2 is 1.79 bits per heavy atom. The minimum atomic E-state index is -0.0698. The van der Waals surface area contributed by atoms with Crippen LogP contribution in [-0.4, -0.2) is 23.6 Å². The van der Waals surface area contributed by atoms with Crippen molar-refractivity contribution in [3.63, 3.8) is 0 Å². The second-order valence-corrected chi connectivity index (χ2v) is 5.31. The van der Waals surface area contributed by atoms with E-state index in [1.807, 2.05) is 39.8 Å². The Balaban J connectivity index is 2.45. The van der Waals surface area contributed by atoms with Gasteiger partial charge in [0.1, 0.15) is 0 Å². The topological polar surface area (TPSA) is 53.2 Å². The molecule has 1 aromatic carbocycles. The average molecular weight is 279 g/mol. The van der Waals surface area contributed by atoms with Crippen molar-refractivity contribution in [3.8, 4) is 0 Å². The predicted molar refractivity (Wildman–Crippen MR) is 83.4 cm³/mol. The van der Waals surface area contributed by atoms with Crippen LogP contribution in [0.1, 0.15) is 25.0 Å². The molecule has 0 aliphatic heterocycles. The molecule has 0 saturated heterocycles. The third-order valence-corrected chi connectivity index (χ3v) is 2.59. The molecule has 0 saturated carbocycles. The molecule has 1 rings (SSSR count). The largest absolute Gasteiger partial charge is 0.353 e. The number of carbonyl (C=O) groups excluding carboxylic acids is 1. The Kier molecular flexibility index (Phi) is 5.76. The first-order chi connectivity index (χ1) is 8.86. The molecule has 5 heteroatoms. The van der Waals surface area contributed by atoms with Crippen molar-refractivity contribution in [2.75, 3.05) is 11.9 Å². The fourth-order valence-corrected chi connectivity index (χ4v) is 1.95. The van der Waals surface area contributed by atoms with Gasteiger partial charge in [0.15, 0.2) is 5.11 Å². The number of amides is 1. The van der Waals surface area contributed by atoms with E-state index >= 15 is 0 Å². The normalized spacial score (nSPS) is 10.2. The van der Waals surface area contributed by atoms with Crippen LogP contribution in [0.25, 0.3) is 0 Å². The summed E-state index contributed by atoms with van der Waals surface area (Å²) >= 11 is 5.15. The first-order valence-corrected chi connectivity index (χ1v) is 6.70. The van der Waals surface area contributed by atoms with E-state index in [-0.39, 0.29) is 18.5 Å². The number of aryl methyl sites for hydroxylation is 2. The van der Waals surface area contributed by atoms with Crippen molar-refractivity contribution in [1.82, 2.24) is 10.6 Å². The van der Waals surface area contributed by atoms with Crippen molar-refractivity contribution in [2.24, 2.45) is 0 Å². The number of carbonyl (C=O) groups is 1. The molecule has 0 aromatic heterocycles. The van der Waals surface area contributed by atoms with Gasteiger partial charge in [-0.2, -0.15) is 0 Å². The Bertz CT molecular complexity index is 452. The van der Waals surface area contributed by atoms with E-state index in [2.05, 4.69) is 22.0 Å². The highest BCUT2D eigenvalue weighted by molar-refractivity contribution is 7.80. The molecule has 0 radical (unpaired) electrons. The minimum absolute atomic E-state index is 0.0698. The molecule has 0 fully saturated rings. The number of nitrogens with one attached hydrogen (secondary N) is 3. The molecule has 0 heterocycles. The molecule has 0 unspecified atom stereocenters. The fraction of sp³-hybridized carbons (Fsp3) is 0.429. The van der Waals surface area contributed by atoms with Gasteiger partial charge >= 0.3 is 0 Å². The third-order valence-electron chi connectivity index (χ3n) is 2.34. The minimum Gasteiger partial charge on any atom is -0.353 e. The molecule has 19 heavy (non-hydrogen) atoms. The van der Waals surface area contributed by atoms with E-state index in [0.717, 1.165) is 5.69 Å². The number of hydrogen-bond donors (Lipinski definition) is 3. The van der Waals surface area contributed by atoms with Crippen molar-refractivity contribution in [2.45, 2.75) is 33.7 Å². The van der Waals surface area contributed by atoms with Gasteiger partial charge in [-0.15, -0.1) is 0 Å². The van der Waals surface area contributed by atoms with E-state index in [1.165, 1.54) is 11.1 Å². The number of rotatable bonds is 4. The Morgan fingerprint density at radius 1 is 1.21 bits per heavy atom. The lowest BCUT2D eigenvalue weighted by atomic mass is 10.1. The van der Waals surface area contributed by atoms with Gasteiger partial charge in [0.2, 0.25) is 5.91 Å². The first-order valence-electron chi connectivity index (χ1n) is 6.29. The van der Waals surface area contributed by atoms with E-state index in [1.54, 1.807) is 0 Å². The molecule has 0 bridgehead atoms. The monoisotopic (exact) mass is 279 g/mol. The highest BCUT2D eigenvalue weighted by atomic mass is 32.1. The summed E-state index contributed by atoms with van der Waals surface area (Å²) in [5, 5.41) is 9.20. The molecule has 0 aliphatic carbocycles. The molecule has 4 nitrogen and oxygen atoms in total. The first kappa shape index (κ1) is 15.4. The summed E-state index contributed by atoms with van der Waals surface area (Å²) in [5.41, 5.74) is 3.27. The van der Waals surface area contributed by atoms with Gasteiger partial charge in [-0.05, 0) is 63.2 Å². The lowest BCUT2D eigenvalue weighted by Crippen LogP contribution is -2.41. The van der Waals surface area contributed by atoms with Gasteiger partial charge in [0.25, 0.3) is 0 Å². The van der Waals surface area contributed by atoms with E-state index in [0.29, 0.717) is 5.11 Å². The van der Waals surface area contributed by atoms with E-state index in [4.69, 9.17) is 12.2 Å². The van der Waals surface area contributed by atoms with Crippen LogP contribution in [0.15, 0.2) is 18.2 Å². The van der Waals surface area contributed by atoms with Gasteiger partial charge in [0.05, 0.1) is 6.54 Å². The van der Waals surface area contributed by atoms with Crippen LogP contribution in [0.4, 0.5) is 5.69 Å². The molecule has 0 atom stereocenters. The van der Waals surface area contributed by atoms with Crippen LogP contribution in [0.2, 0.25) is 0 Å². The number of anilines is 1. The zero-order chi connectivity index (χ0) is 14.4. The summed E-state index contributed by atoms with van der Waals surface area (Å²) in [5.74, 6) is -0.0698. The van der Waals surface area contributed by atoms with Crippen molar-refractivity contribution in [1.29, 1.82) is 0 Å². The summed E-state index contributed by atoms with van der Waals surface area (Å²) in [4.78, 5) is 11.5. The fourth-order valence-electron chi connectivity index (χ4n) is 1.76. The zero-order valence-electron chi connectivity index (χ0n) is 11.8. The highest BCUT2D eigenvalue weighted by Crippen LogP contribution is 2.13. The van der Waals surface area contributed by atoms with E-state index in [9.17, 15) is 4.79 Å². The van der Waals surface area contributed by atoms with Crippen LogP contribution >= 0.6 is 12.2 Å². The lowest BCUT2D eigenvalue weighted by molar-refractivity contribution is -0.120. The van der Waals surface area contributed by atoms with Crippen LogP contribution in [0, 0.1) is 13.8 Å². The second kappa shape index (κ2) is 7.09. The van der Waals surface area contributed by atoms with Crippen LogP contribution in [-0.2, 0) is 4.79 Å². The molecular formula is C14H21N3OS. The molecule has 104 valence electrons. The van der Waals surface area contributed by atoms with Gasteiger partial charge in [0, 0.05) is 11.7 Å². The van der Waals surface area contributed by atoms with Crippen molar-refractivity contribution >= 4 is 28.9 Å². The zero-order valence-corrected chi connectivity index (χ0v) is 12.6. The summed E-state index contributed by atoms with van der Waals surface area (Å²) in [6.45, 7) is 8.08. The van der Waals surface area contributed by atoms with Gasteiger partial charge in [-0.3, -0.25) is 4.79 Å². The molecule has 1 amide bonds. The smallest absolute Gasteiger partial charge is 0.239 e. The quantitative estimate of drug-likeness (QED) is 0.739. The van der Waals surface area contributed by atoms with Gasteiger partial charge in [-0.1, -0.05) is 6.07 Å². The van der Waals surface area contributed by atoms with Crippen LogP contribution in [0.3, 0.4) is 0 Å². The van der Waals surface area contributed by atoms with E-state index < -0.39 is 0 Å². The molecule has 0 aliphatic rings. The molecule has 0 spiro atoms. The lowest BCUT2D eigenvalue weighted by Gasteiger charge is -2.13. The summed E-state index contributed by atoms with van der Waals surface area (Å²) in [6.07, 6.45) is 0. The van der Waals surface area contributed by atoms with Gasteiger partial charge in [-0.25, -0.2) is 0 Å².